The molecule has 15 heavy (non-hydrogen) atoms. The minimum atomic E-state index is 0.541. The SMILES string of the molecule is CC1=C2C(=Cc3ccccc32)N(C)C1C. The summed E-state index contributed by atoms with van der Waals surface area (Å²) in [5.74, 6) is 0. The van der Waals surface area contributed by atoms with Crippen molar-refractivity contribution >= 4 is 11.6 Å². The first-order chi connectivity index (χ1) is 7.20. The van der Waals surface area contributed by atoms with E-state index in [0.29, 0.717) is 6.04 Å². The summed E-state index contributed by atoms with van der Waals surface area (Å²) in [6, 6.07) is 9.19. The van der Waals surface area contributed by atoms with Crippen LogP contribution in [0, 0.1) is 0 Å². The van der Waals surface area contributed by atoms with Crippen molar-refractivity contribution in [2.24, 2.45) is 0 Å². The van der Waals surface area contributed by atoms with E-state index in [1.165, 1.54) is 28.0 Å². The minimum Gasteiger partial charge on any atom is -0.368 e. The van der Waals surface area contributed by atoms with E-state index in [2.05, 4.69) is 56.1 Å². The van der Waals surface area contributed by atoms with E-state index in [1.807, 2.05) is 0 Å². The van der Waals surface area contributed by atoms with E-state index in [-0.39, 0.29) is 0 Å². The number of hydrogen-bond acceptors (Lipinski definition) is 1. The normalized spacial score (nSPS) is 23.0. The van der Waals surface area contributed by atoms with Crippen LogP contribution in [0.1, 0.15) is 25.0 Å². The summed E-state index contributed by atoms with van der Waals surface area (Å²) < 4.78 is 0. The molecule has 76 valence electrons. The summed E-state index contributed by atoms with van der Waals surface area (Å²) in [4.78, 5) is 2.37. The van der Waals surface area contributed by atoms with Crippen molar-refractivity contribution in [1.29, 1.82) is 0 Å². The van der Waals surface area contributed by atoms with Gasteiger partial charge in [-0.2, -0.15) is 0 Å². The topological polar surface area (TPSA) is 3.24 Å². The van der Waals surface area contributed by atoms with Crippen LogP contribution in [0.25, 0.3) is 11.6 Å². The highest BCUT2D eigenvalue weighted by Crippen LogP contribution is 2.45. The minimum absolute atomic E-state index is 0.541. The first kappa shape index (κ1) is 8.78. The van der Waals surface area contributed by atoms with Crippen LogP contribution in [0.15, 0.2) is 35.5 Å². The Morgan fingerprint density at radius 1 is 1.20 bits per heavy atom. The Bertz CT molecular complexity index is 494. The third kappa shape index (κ3) is 0.980. The molecule has 1 aliphatic carbocycles. The van der Waals surface area contributed by atoms with Crippen LogP contribution in [0.5, 0.6) is 0 Å². The van der Waals surface area contributed by atoms with Crippen molar-refractivity contribution in [2.75, 3.05) is 7.05 Å². The molecular formula is C14H15N. The van der Waals surface area contributed by atoms with Gasteiger partial charge >= 0.3 is 0 Å². The molecule has 0 fully saturated rings. The third-order valence-electron chi connectivity index (χ3n) is 3.76. The molecule has 0 bridgehead atoms. The van der Waals surface area contributed by atoms with E-state index in [4.69, 9.17) is 0 Å². The number of hydrogen-bond donors (Lipinski definition) is 0. The van der Waals surface area contributed by atoms with Crippen LogP contribution in [-0.4, -0.2) is 18.0 Å². The first-order valence-electron chi connectivity index (χ1n) is 5.45. The number of benzene rings is 1. The lowest BCUT2D eigenvalue weighted by atomic mass is 10.0. The van der Waals surface area contributed by atoms with E-state index in [0.717, 1.165) is 0 Å². The average Bonchev–Trinajstić information content (AvgIpc) is 2.72. The van der Waals surface area contributed by atoms with Crippen LogP contribution < -0.4 is 0 Å². The Balaban J connectivity index is 2.27. The maximum absolute atomic E-state index is 2.37. The zero-order chi connectivity index (χ0) is 10.6. The predicted molar refractivity (Wildman–Crippen MR) is 64.2 cm³/mol. The van der Waals surface area contributed by atoms with Gasteiger partial charge in [0, 0.05) is 24.4 Å². The first-order valence-corrected chi connectivity index (χ1v) is 5.45. The zero-order valence-electron chi connectivity index (χ0n) is 9.41. The molecule has 1 heteroatoms. The molecule has 0 aromatic heterocycles. The van der Waals surface area contributed by atoms with Gasteiger partial charge in [0.15, 0.2) is 0 Å². The molecule has 2 aliphatic rings. The largest absolute Gasteiger partial charge is 0.368 e. The Hall–Kier alpha value is -1.50. The van der Waals surface area contributed by atoms with Gasteiger partial charge in [-0.05, 0) is 36.6 Å². The highest BCUT2D eigenvalue weighted by molar-refractivity contribution is 5.97. The van der Waals surface area contributed by atoms with Crippen molar-refractivity contribution in [3.63, 3.8) is 0 Å². The molecule has 3 rings (SSSR count). The average molecular weight is 197 g/mol. The number of nitrogens with zero attached hydrogens (tertiary/aromatic N) is 1. The van der Waals surface area contributed by atoms with Gasteiger partial charge < -0.3 is 4.90 Å². The maximum Gasteiger partial charge on any atom is 0.0478 e. The molecule has 0 N–H and O–H groups in total. The van der Waals surface area contributed by atoms with E-state index in [9.17, 15) is 0 Å². The molecule has 1 nitrogen and oxygen atoms in total. The van der Waals surface area contributed by atoms with E-state index in [1.54, 1.807) is 0 Å². The molecule has 0 saturated heterocycles. The van der Waals surface area contributed by atoms with Crippen LogP contribution in [0.3, 0.4) is 0 Å². The van der Waals surface area contributed by atoms with Crippen LogP contribution in [-0.2, 0) is 0 Å². The second-order valence-electron chi connectivity index (χ2n) is 4.46. The van der Waals surface area contributed by atoms with Gasteiger partial charge in [0.2, 0.25) is 0 Å². The third-order valence-corrected chi connectivity index (χ3v) is 3.76. The summed E-state index contributed by atoms with van der Waals surface area (Å²) in [5.41, 5.74) is 7.11. The lowest BCUT2D eigenvalue weighted by Crippen LogP contribution is -2.22. The molecule has 1 atom stereocenters. The van der Waals surface area contributed by atoms with Gasteiger partial charge in [0.25, 0.3) is 0 Å². The number of allylic oxidation sites excluding steroid dienone is 1. The highest BCUT2D eigenvalue weighted by Gasteiger charge is 2.32. The molecule has 0 amide bonds. The molecule has 0 spiro atoms. The fourth-order valence-corrected chi connectivity index (χ4v) is 2.61. The molecule has 1 heterocycles. The summed E-state index contributed by atoms with van der Waals surface area (Å²) in [7, 11) is 2.18. The Morgan fingerprint density at radius 2 is 1.93 bits per heavy atom. The van der Waals surface area contributed by atoms with E-state index < -0.39 is 0 Å². The molecule has 0 saturated carbocycles. The molecular weight excluding hydrogens is 182 g/mol. The standard InChI is InChI=1S/C14H15N/c1-9-10(2)15(3)13-8-11-6-4-5-7-12(11)14(9)13/h4-8,10H,1-3H3. The Morgan fingerprint density at radius 3 is 2.73 bits per heavy atom. The van der Waals surface area contributed by atoms with Crippen LogP contribution in [0.2, 0.25) is 0 Å². The lowest BCUT2D eigenvalue weighted by Gasteiger charge is -2.20. The second kappa shape index (κ2) is 2.75. The fraction of sp³-hybridized carbons (Fsp3) is 0.286. The monoisotopic (exact) mass is 197 g/mol. The van der Waals surface area contributed by atoms with Gasteiger partial charge in [-0.1, -0.05) is 24.3 Å². The van der Waals surface area contributed by atoms with Gasteiger partial charge in [0.1, 0.15) is 0 Å². The Labute approximate surface area is 90.7 Å². The number of rotatable bonds is 0. The van der Waals surface area contributed by atoms with Gasteiger partial charge in [-0.15, -0.1) is 0 Å². The fourth-order valence-electron chi connectivity index (χ4n) is 2.61. The summed E-state index contributed by atoms with van der Waals surface area (Å²) >= 11 is 0. The number of fused-ring (bicyclic) bond motifs is 3. The smallest absolute Gasteiger partial charge is 0.0478 e. The predicted octanol–water partition coefficient (Wildman–Crippen LogP) is 3.15. The molecule has 1 aliphatic heterocycles. The second-order valence-corrected chi connectivity index (χ2v) is 4.46. The van der Waals surface area contributed by atoms with Crippen molar-refractivity contribution in [2.45, 2.75) is 19.9 Å². The summed E-state index contributed by atoms with van der Waals surface area (Å²) in [6.45, 7) is 4.52. The molecule has 0 radical (unpaired) electrons. The molecule has 1 aromatic carbocycles. The number of likely N-dealkylation sites (N-methyl/N-ethyl adjacent to an activating group) is 1. The van der Waals surface area contributed by atoms with Crippen LogP contribution >= 0.6 is 0 Å². The maximum atomic E-state index is 2.37. The van der Waals surface area contributed by atoms with E-state index >= 15 is 0 Å². The van der Waals surface area contributed by atoms with Crippen molar-refractivity contribution in [1.82, 2.24) is 4.90 Å². The summed E-state index contributed by atoms with van der Waals surface area (Å²) in [6.07, 6.45) is 2.30. The lowest BCUT2D eigenvalue weighted by molar-refractivity contribution is 0.397. The van der Waals surface area contributed by atoms with Gasteiger partial charge in [0.05, 0.1) is 0 Å². The zero-order valence-corrected chi connectivity index (χ0v) is 9.41. The highest BCUT2D eigenvalue weighted by atomic mass is 15.2. The quantitative estimate of drug-likeness (QED) is 0.617. The molecule has 1 unspecified atom stereocenters. The summed E-state index contributed by atoms with van der Waals surface area (Å²) in [5, 5.41) is 0. The van der Waals surface area contributed by atoms with Gasteiger partial charge in [-0.3, -0.25) is 0 Å². The van der Waals surface area contributed by atoms with Gasteiger partial charge in [-0.25, -0.2) is 0 Å². The van der Waals surface area contributed by atoms with Crippen molar-refractivity contribution in [3.8, 4) is 0 Å². The van der Waals surface area contributed by atoms with Crippen molar-refractivity contribution < 1.29 is 0 Å². The van der Waals surface area contributed by atoms with Crippen molar-refractivity contribution in [3.05, 3.63) is 46.7 Å². The Kier molecular flexibility index (Phi) is 1.61. The van der Waals surface area contributed by atoms with Crippen LogP contribution in [0.4, 0.5) is 0 Å². The molecule has 1 aromatic rings.